The maximum absolute atomic E-state index is 13.4. The van der Waals surface area contributed by atoms with E-state index >= 15 is 0 Å². The summed E-state index contributed by atoms with van der Waals surface area (Å²) in [6.07, 6.45) is -2.62. The largest absolute Gasteiger partial charge is 0.499 e. The monoisotopic (exact) mass is 298 g/mol. The molecule has 1 saturated heterocycles. The van der Waals surface area contributed by atoms with E-state index < -0.39 is 24.7 Å². The van der Waals surface area contributed by atoms with Gasteiger partial charge in [-0.25, -0.2) is 8.78 Å². The minimum Gasteiger partial charge on any atom is -0.497 e. The molecule has 0 aromatic heterocycles. The molecule has 0 spiro atoms. The zero-order valence-electron chi connectivity index (χ0n) is 13.3. The van der Waals surface area contributed by atoms with Gasteiger partial charge in [-0.1, -0.05) is 6.07 Å². The van der Waals surface area contributed by atoms with E-state index in [4.69, 9.17) is 14.0 Å². The lowest BCUT2D eigenvalue weighted by Crippen LogP contribution is -2.41. The molecule has 0 aliphatic carbocycles. The first-order chi connectivity index (χ1) is 9.59. The lowest BCUT2D eigenvalue weighted by atomic mass is 9.74. The van der Waals surface area contributed by atoms with E-state index in [-0.39, 0.29) is 11.0 Å². The van der Waals surface area contributed by atoms with Gasteiger partial charge in [-0.3, -0.25) is 0 Å². The minimum absolute atomic E-state index is 0.106. The molecule has 0 saturated carbocycles. The Morgan fingerprint density at radius 1 is 1.10 bits per heavy atom. The Kier molecular flexibility index (Phi) is 4.06. The van der Waals surface area contributed by atoms with E-state index in [2.05, 4.69) is 0 Å². The van der Waals surface area contributed by atoms with Gasteiger partial charge in [0.15, 0.2) is 0 Å². The summed E-state index contributed by atoms with van der Waals surface area (Å²) in [5.41, 5.74) is -0.301. The van der Waals surface area contributed by atoms with Gasteiger partial charge in [-0.05, 0) is 46.2 Å². The van der Waals surface area contributed by atoms with Crippen LogP contribution in [-0.2, 0) is 9.31 Å². The lowest BCUT2D eigenvalue weighted by molar-refractivity contribution is 0.00578. The van der Waals surface area contributed by atoms with Crippen LogP contribution in [0.2, 0.25) is 0 Å². The molecule has 0 N–H and O–H groups in total. The number of aryl methyl sites for hydroxylation is 1. The van der Waals surface area contributed by atoms with Crippen molar-refractivity contribution < 1.29 is 22.8 Å². The van der Waals surface area contributed by atoms with Crippen molar-refractivity contribution in [2.24, 2.45) is 0 Å². The normalized spacial score (nSPS) is 20.1. The maximum atomic E-state index is 13.4. The van der Waals surface area contributed by atoms with Crippen molar-refractivity contribution in [3.8, 4) is 5.75 Å². The Bertz CT molecular complexity index is 528. The average Bonchev–Trinajstić information content (AvgIpc) is 2.56. The summed E-state index contributed by atoms with van der Waals surface area (Å²) in [6, 6.07) is 3.17. The van der Waals surface area contributed by atoms with Gasteiger partial charge in [-0.15, -0.1) is 0 Å². The fourth-order valence-electron chi connectivity index (χ4n) is 2.35. The SMILES string of the molecule is COc1cc(C)cc(C(F)F)c1B1OC(C)(C)C(C)(C)O1. The van der Waals surface area contributed by atoms with Crippen LogP contribution in [0.3, 0.4) is 0 Å². The molecule has 1 aromatic carbocycles. The number of hydrogen-bond acceptors (Lipinski definition) is 3. The Morgan fingerprint density at radius 3 is 2.05 bits per heavy atom. The van der Waals surface area contributed by atoms with Gasteiger partial charge in [0.05, 0.1) is 18.3 Å². The summed E-state index contributed by atoms with van der Waals surface area (Å²) >= 11 is 0. The Hall–Kier alpha value is -1.14. The molecule has 1 aliphatic heterocycles. The number of hydrogen-bond donors (Lipinski definition) is 0. The molecule has 0 amide bonds. The van der Waals surface area contributed by atoms with Crippen LogP contribution in [0, 0.1) is 6.92 Å². The first-order valence-corrected chi connectivity index (χ1v) is 6.91. The molecule has 2 rings (SSSR count). The second kappa shape index (κ2) is 5.25. The van der Waals surface area contributed by atoms with Crippen LogP contribution in [0.15, 0.2) is 12.1 Å². The van der Waals surface area contributed by atoms with Crippen LogP contribution < -0.4 is 10.2 Å². The highest BCUT2D eigenvalue weighted by Gasteiger charge is 2.53. The molecule has 21 heavy (non-hydrogen) atoms. The van der Waals surface area contributed by atoms with Crippen LogP contribution in [0.4, 0.5) is 8.78 Å². The molecule has 1 fully saturated rings. The lowest BCUT2D eigenvalue weighted by Gasteiger charge is -2.32. The van der Waals surface area contributed by atoms with Crippen molar-refractivity contribution in [2.45, 2.75) is 52.2 Å². The van der Waals surface area contributed by atoms with E-state index in [1.807, 2.05) is 27.7 Å². The topological polar surface area (TPSA) is 27.7 Å². The quantitative estimate of drug-likeness (QED) is 0.802. The molecule has 0 bridgehead atoms. The van der Waals surface area contributed by atoms with Crippen molar-refractivity contribution >= 4 is 12.6 Å². The van der Waals surface area contributed by atoms with Crippen LogP contribution in [0.5, 0.6) is 5.75 Å². The third-order valence-corrected chi connectivity index (χ3v) is 4.26. The van der Waals surface area contributed by atoms with Crippen molar-refractivity contribution in [1.82, 2.24) is 0 Å². The predicted molar refractivity (Wildman–Crippen MR) is 78.4 cm³/mol. The van der Waals surface area contributed by atoms with E-state index in [0.717, 1.165) is 0 Å². The highest BCUT2D eigenvalue weighted by Crippen LogP contribution is 2.38. The molecule has 1 aliphatic rings. The van der Waals surface area contributed by atoms with Crippen LogP contribution in [0.25, 0.3) is 0 Å². The standard InChI is InChI=1S/C15H21BF2O3/c1-9-7-10(13(17)18)12(11(8-9)19-6)16-20-14(2,3)15(4,5)21-16/h7-8,13H,1-6H3. The number of methoxy groups -OCH3 is 1. The summed E-state index contributed by atoms with van der Waals surface area (Å²) in [5.74, 6) is 0.365. The number of ether oxygens (including phenoxy) is 1. The van der Waals surface area contributed by atoms with Crippen LogP contribution in [0.1, 0.15) is 45.2 Å². The van der Waals surface area contributed by atoms with Crippen molar-refractivity contribution in [1.29, 1.82) is 0 Å². The van der Waals surface area contributed by atoms with E-state index in [0.29, 0.717) is 11.3 Å². The highest BCUT2D eigenvalue weighted by molar-refractivity contribution is 6.63. The van der Waals surface area contributed by atoms with Gasteiger partial charge in [-0.2, -0.15) is 0 Å². The van der Waals surface area contributed by atoms with Crippen LogP contribution in [-0.4, -0.2) is 25.4 Å². The molecule has 0 unspecified atom stereocenters. The smallest absolute Gasteiger partial charge is 0.497 e. The van der Waals surface area contributed by atoms with Gasteiger partial charge in [0, 0.05) is 11.0 Å². The second-order valence-corrected chi connectivity index (χ2v) is 6.36. The van der Waals surface area contributed by atoms with Crippen molar-refractivity contribution in [3.05, 3.63) is 23.3 Å². The third kappa shape index (κ3) is 2.79. The maximum Gasteiger partial charge on any atom is 0.499 e. The predicted octanol–water partition coefficient (Wildman–Crippen LogP) is 3.24. The molecular formula is C15H21BF2O3. The first-order valence-electron chi connectivity index (χ1n) is 6.91. The number of alkyl halides is 2. The summed E-state index contributed by atoms with van der Waals surface area (Å²) in [6.45, 7) is 9.29. The van der Waals surface area contributed by atoms with E-state index in [1.54, 1.807) is 13.0 Å². The molecule has 3 nitrogen and oxygen atoms in total. The zero-order valence-corrected chi connectivity index (χ0v) is 13.3. The fourth-order valence-corrected chi connectivity index (χ4v) is 2.35. The molecule has 6 heteroatoms. The van der Waals surface area contributed by atoms with Crippen molar-refractivity contribution in [2.75, 3.05) is 7.11 Å². The molecule has 0 atom stereocenters. The second-order valence-electron chi connectivity index (χ2n) is 6.36. The molecular weight excluding hydrogens is 277 g/mol. The van der Waals surface area contributed by atoms with Crippen molar-refractivity contribution in [3.63, 3.8) is 0 Å². The molecule has 116 valence electrons. The molecule has 1 aromatic rings. The van der Waals surface area contributed by atoms with Crippen LogP contribution >= 0.6 is 0 Å². The number of benzene rings is 1. The highest BCUT2D eigenvalue weighted by atomic mass is 19.3. The number of rotatable bonds is 3. The Balaban J connectivity index is 2.54. The third-order valence-electron chi connectivity index (χ3n) is 4.26. The first kappa shape index (κ1) is 16.2. The zero-order chi connectivity index (χ0) is 16.0. The molecule has 1 heterocycles. The van der Waals surface area contributed by atoms with Gasteiger partial charge >= 0.3 is 7.12 Å². The van der Waals surface area contributed by atoms with Gasteiger partial charge in [0.2, 0.25) is 0 Å². The molecule has 0 radical (unpaired) electrons. The Morgan fingerprint density at radius 2 is 1.62 bits per heavy atom. The summed E-state index contributed by atoms with van der Waals surface area (Å²) in [5, 5.41) is 0. The summed E-state index contributed by atoms with van der Waals surface area (Å²) in [7, 11) is 0.591. The van der Waals surface area contributed by atoms with Gasteiger partial charge in [0.25, 0.3) is 6.43 Å². The summed E-state index contributed by atoms with van der Waals surface area (Å²) in [4.78, 5) is 0. The average molecular weight is 298 g/mol. The summed E-state index contributed by atoms with van der Waals surface area (Å²) < 4.78 is 43.8. The minimum atomic E-state index is -2.62. The number of halogens is 2. The fraction of sp³-hybridized carbons (Fsp3) is 0.600. The van der Waals surface area contributed by atoms with Gasteiger partial charge < -0.3 is 14.0 Å². The van der Waals surface area contributed by atoms with E-state index in [9.17, 15) is 8.78 Å². The Labute approximate surface area is 124 Å². The van der Waals surface area contributed by atoms with Gasteiger partial charge in [0.1, 0.15) is 5.75 Å². The van der Waals surface area contributed by atoms with E-state index in [1.165, 1.54) is 13.2 Å².